The number of amides is 1. The van der Waals surface area contributed by atoms with Crippen LogP contribution in [0.3, 0.4) is 0 Å². The van der Waals surface area contributed by atoms with Crippen molar-refractivity contribution in [2.75, 3.05) is 26.7 Å². The molecule has 0 spiro atoms. The normalized spacial score (nSPS) is 16.9. The first-order valence-electron chi connectivity index (χ1n) is 8.45. The summed E-state index contributed by atoms with van der Waals surface area (Å²) in [7, 11) is 1.89. The predicted octanol–water partition coefficient (Wildman–Crippen LogP) is 4.74. The maximum atomic E-state index is 12.9. The lowest BCUT2D eigenvalue weighted by Gasteiger charge is -2.32. The number of carbonyl (C=O) groups excluding carboxylic acids is 1. The first kappa shape index (κ1) is 24.7. The summed E-state index contributed by atoms with van der Waals surface area (Å²) in [6.07, 6.45) is -2.37. The van der Waals surface area contributed by atoms with E-state index >= 15 is 0 Å². The van der Waals surface area contributed by atoms with Gasteiger partial charge in [-0.05, 0) is 44.5 Å². The number of nitrogens with one attached hydrogen (secondary N) is 1. The summed E-state index contributed by atoms with van der Waals surface area (Å²) in [5.74, 6) is 0.263. The Kier molecular flexibility index (Phi) is 9.20. The van der Waals surface area contributed by atoms with Gasteiger partial charge in [-0.25, -0.2) is 4.98 Å². The number of aromatic nitrogens is 1. The predicted molar refractivity (Wildman–Crippen MR) is 110 cm³/mol. The van der Waals surface area contributed by atoms with Crippen LogP contribution >= 0.6 is 36.2 Å². The topological polar surface area (TPSA) is 45.2 Å². The molecule has 1 unspecified atom stereocenters. The minimum absolute atomic E-state index is 0. The van der Waals surface area contributed by atoms with Crippen molar-refractivity contribution < 1.29 is 18.0 Å². The van der Waals surface area contributed by atoms with Gasteiger partial charge in [0, 0.05) is 24.0 Å². The van der Waals surface area contributed by atoms with Crippen LogP contribution in [-0.4, -0.2) is 42.5 Å². The Labute approximate surface area is 178 Å². The molecule has 2 aromatic rings. The van der Waals surface area contributed by atoms with Crippen molar-refractivity contribution in [2.45, 2.75) is 19.0 Å². The minimum Gasteiger partial charge on any atom is -0.337 e. The van der Waals surface area contributed by atoms with E-state index in [0.717, 1.165) is 31.5 Å². The first-order valence-corrected chi connectivity index (χ1v) is 9.33. The molecule has 10 heteroatoms. The summed E-state index contributed by atoms with van der Waals surface area (Å²) in [6.45, 7) is 2.22. The van der Waals surface area contributed by atoms with E-state index < -0.39 is 11.7 Å². The zero-order valence-corrected chi connectivity index (χ0v) is 17.6. The molecule has 156 valence electrons. The molecule has 1 aliphatic heterocycles. The molecule has 1 atom stereocenters. The number of hydrogen-bond acceptors (Lipinski definition) is 4. The standard InChI is InChI=1S/C18H20F3N3OS.2ClH/c1-22-9-12-4-3-7-24(10-12)17(25)15-11-26-16(23-15)13-5-2-6-14(8-13)18(19,20)21;;/h2,5-6,8,11-12,22H,3-4,7,9-10H2,1H3;2*1H. The van der Waals surface area contributed by atoms with Crippen molar-refractivity contribution in [2.24, 2.45) is 5.92 Å². The Morgan fingerprint density at radius 2 is 2.11 bits per heavy atom. The van der Waals surface area contributed by atoms with Gasteiger partial charge in [0.15, 0.2) is 0 Å². The number of halogens is 5. The lowest BCUT2D eigenvalue weighted by molar-refractivity contribution is -0.137. The molecule has 0 aliphatic carbocycles. The summed E-state index contributed by atoms with van der Waals surface area (Å²) >= 11 is 1.19. The molecule has 1 saturated heterocycles. The maximum Gasteiger partial charge on any atom is 0.416 e. The van der Waals surface area contributed by atoms with Gasteiger partial charge in [0.2, 0.25) is 0 Å². The van der Waals surface area contributed by atoms with E-state index in [-0.39, 0.29) is 30.7 Å². The second-order valence-electron chi connectivity index (χ2n) is 6.43. The fraction of sp³-hybridized carbons (Fsp3) is 0.444. The number of benzene rings is 1. The highest BCUT2D eigenvalue weighted by atomic mass is 35.5. The first-order chi connectivity index (χ1) is 12.4. The highest BCUT2D eigenvalue weighted by molar-refractivity contribution is 7.13. The van der Waals surface area contributed by atoms with Crippen LogP contribution in [0.25, 0.3) is 10.6 Å². The highest BCUT2D eigenvalue weighted by Crippen LogP contribution is 2.33. The molecule has 1 amide bonds. The molecular weight excluding hydrogens is 434 g/mol. The van der Waals surface area contributed by atoms with Crippen LogP contribution < -0.4 is 5.32 Å². The third kappa shape index (κ3) is 5.83. The van der Waals surface area contributed by atoms with Gasteiger partial charge in [-0.3, -0.25) is 4.79 Å². The molecular formula is C18H22Cl2F3N3OS. The molecule has 0 bridgehead atoms. The number of carbonyl (C=O) groups is 1. The molecule has 28 heavy (non-hydrogen) atoms. The van der Waals surface area contributed by atoms with Crippen LogP contribution in [-0.2, 0) is 6.18 Å². The molecule has 1 aromatic carbocycles. The lowest BCUT2D eigenvalue weighted by Crippen LogP contribution is -2.42. The van der Waals surface area contributed by atoms with Gasteiger partial charge in [0.05, 0.1) is 5.56 Å². The van der Waals surface area contributed by atoms with E-state index in [4.69, 9.17) is 0 Å². The monoisotopic (exact) mass is 455 g/mol. The van der Waals surface area contributed by atoms with Crippen LogP contribution in [0, 0.1) is 5.92 Å². The molecule has 1 aliphatic rings. The smallest absolute Gasteiger partial charge is 0.337 e. The third-order valence-electron chi connectivity index (χ3n) is 4.46. The SMILES string of the molecule is CNCC1CCCN(C(=O)c2csc(-c3cccc(C(F)(F)F)c3)n2)C1.Cl.Cl. The molecule has 4 nitrogen and oxygen atoms in total. The van der Waals surface area contributed by atoms with Crippen LogP contribution in [0.15, 0.2) is 29.6 Å². The highest BCUT2D eigenvalue weighted by Gasteiger charge is 2.31. The molecule has 0 saturated carbocycles. The minimum atomic E-state index is -4.40. The van der Waals surface area contributed by atoms with Gasteiger partial charge < -0.3 is 10.2 Å². The van der Waals surface area contributed by atoms with Crippen molar-refractivity contribution in [1.29, 1.82) is 0 Å². The Hall–Kier alpha value is -1.35. The molecule has 3 rings (SSSR count). The molecule has 2 heterocycles. The summed E-state index contributed by atoms with van der Waals surface area (Å²) in [4.78, 5) is 18.8. The number of hydrogen-bond donors (Lipinski definition) is 1. The second kappa shape index (κ2) is 10.4. The number of alkyl halides is 3. The van der Waals surface area contributed by atoms with Crippen LogP contribution in [0.5, 0.6) is 0 Å². The van der Waals surface area contributed by atoms with E-state index in [1.165, 1.54) is 17.4 Å². The van der Waals surface area contributed by atoms with E-state index in [1.807, 2.05) is 7.05 Å². The maximum absolute atomic E-state index is 12.9. The quantitative estimate of drug-likeness (QED) is 0.723. The van der Waals surface area contributed by atoms with Crippen molar-refractivity contribution in [3.8, 4) is 10.6 Å². The zero-order valence-electron chi connectivity index (χ0n) is 15.2. The van der Waals surface area contributed by atoms with Gasteiger partial charge >= 0.3 is 6.18 Å². The summed E-state index contributed by atoms with van der Waals surface area (Å²) < 4.78 is 38.6. The molecule has 1 N–H and O–H groups in total. The third-order valence-corrected chi connectivity index (χ3v) is 5.35. The number of thiazole rings is 1. The van der Waals surface area contributed by atoms with Crippen molar-refractivity contribution in [3.63, 3.8) is 0 Å². The second-order valence-corrected chi connectivity index (χ2v) is 7.29. The Bertz CT molecular complexity index is 783. The van der Waals surface area contributed by atoms with E-state index in [9.17, 15) is 18.0 Å². The largest absolute Gasteiger partial charge is 0.416 e. The molecule has 1 fully saturated rings. The summed E-state index contributed by atoms with van der Waals surface area (Å²) in [6, 6.07) is 5.02. The van der Waals surface area contributed by atoms with Crippen LogP contribution in [0.4, 0.5) is 13.2 Å². The number of rotatable bonds is 4. The van der Waals surface area contributed by atoms with Gasteiger partial charge in [-0.15, -0.1) is 36.2 Å². The number of likely N-dealkylation sites (tertiary alicyclic amines) is 1. The fourth-order valence-electron chi connectivity index (χ4n) is 3.20. The Morgan fingerprint density at radius 1 is 1.36 bits per heavy atom. The van der Waals surface area contributed by atoms with Crippen LogP contribution in [0.1, 0.15) is 28.9 Å². The Balaban J connectivity index is 0.00000196. The van der Waals surface area contributed by atoms with Crippen LogP contribution in [0.2, 0.25) is 0 Å². The molecule has 1 aromatic heterocycles. The number of piperidine rings is 1. The van der Waals surface area contributed by atoms with Crippen molar-refractivity contribution in [3.05, 3.63) is 40.9 Å². The Morgan fingerprint density at radius 3 is 2.79 bits per heavy atom. The average Bonchev–Trinajstić information content (AvgIpc) is 3.11. The molecule has 0 radical (unpaired) electrons. The summed E-state index contributed by atoms with van der Waals surface area (Å²) in [5.41, 5.74) is -0.0490. The van der Waals surface area contributed by atoms with Crippen molar-refractivity contribution in [1.82, 2.24) is 15.2 Å². The van der Waals surface area contributed by atoms with E-state index in [2.05, 4.69) is 10.3 Å². The van der Waals surface area contributed by atoms with Gasteiger partial charge in [-0.1, -0.05) is 12.1 Å². The zero-order chi connectivity index (χ0) is 18.7. The van der Waals surface area contributed by atoms with Gasteiger partial charge in [0.1, 0.15) is 10.7 Å². The average molecular weight is 456 g/mol. The lowest BCUT2D eigenvalue weighted by atomic mass is 9.98. The number of nitrogens with zero attached hydrogens (tertiary/aromatic N) is 2. The van der Waals surface area contributed by atoms with Crippen molar-refractivity contribution >= 4 is 42.1 Å². The van der Waals surface area contributed by atoms with E-state index in [1.54, 1.807) is 16.3 Å². The summed E-state index contributed by atoms with van der Waals surface area (Å²) in [5, 5.41) is 5.18. The van der Waals surface area contributed by atoms with Gasteiger partial charge in [0.25, 0.3) is 5.91 Å². The fourth-order valence-corrected chi connectivity index (χ4v) is 3.99. The van der Waals surface area contributed by atoms with Gasteiger partial charge in [-0.2, -0.15) is 13.2 Å². The van der Waals surface area contributed by atoms with E-state index in [0.29, 0.717) is 35.3 Å².